The maximum absolute atomic E-state index is 13.3. The van der Waals surface area contributed by atoms with Crippen LogP contribution in [0.1, 0.15) is 43.2 Å². The summed E-state index contributed by atoms with van der Waals surface area (Å²) in [6.45, 7) is 2.05. The number of hydrogen-bond acceptors (Lipinski definition) is 5. The van der Waals surface area contributed by atoms with E-state index in [1.807, 2.05) is 17.0 Å². The van der Waals surface area contributed by atoms with Gasteiger partial charge < -0.3 is 14.4 Å². The number of methoxy groups -OCH3 is 1. The maximum atomic E-state index is 13.3. The molecule has 1 aromatic rings. The van der Waals surface area contributed by atoms with E-state index in [2.05, 4.69) is 0 Å². The van der Waals surface area contributed by atoms with Gasteiger partial charge in [-0.3, -0.25) is 4.79 Å². The minimum absolute atomic E-state index is 0.0193. The van der Waals surface area contributed by atoms with Gasteiger partial charge in [0.05, 0.1) is 4.90 Å². The zero-order valence-electron chi connectivity index (χ0n) is 17.7. The van der Waals surface area contributed by atoms with Gasteiger partial charge in [-0.2, -0.15) is 4.31 Å². The molecule has 2 heterocycles. The number of carbonyl (C=O) groups is 1. The second-order valence-corrected chi connectivity index (χ2v) is 10.5. The van der Waals surface area contributed by atoms with Crippen LogP contribution in [0.3, 0.4) is 0 Å². The first-order chi connectivity index (χ1) is 14.5. The Hall–Kier alpha value is -1.48. The number of aryl methyl sites for hydroxylation is 2. The zero-order chi connectivity index (χ0) is 21.1. The molecule has 0 spiro atoms. The largest absolute Gasteiger partial charge is 0.381 e. The molecule has 0 N–H and O–H groups in total. The van der Waals surface area contributed by atoms with Crippen molar-refractivity contribution in [2.75, 3.05) is 40.0 Å². The minimum Gasteiger partial charge on any atom is -0.381 e. The highest BCUT2D eigenvalue weighted by Crippen LogP contribution is 2.30. The van der Waals surface area contributed by atoms with Crippen LogP contribution in [0.15, 0.2) is 23.1 Å². The third-order valence-electron chi connectivity index (χ3n) is 6.62. The van der Waals surface area contributed by atoms with Crippen molar-refractivity contribution < 1.29 is 22.7 Å². The second kappa shape index (κ2) is 9.34. The van der Waals surface area contributed by atoms with E-state index >= 15 is 0 Å². The van der Waals surface area contributed by atoms with Gasteiger partial charge in [-0.05, 0) is 68.2 Å². The maximum Gasteiger partial charge on any atom is 0.249 e. The molecule has 166 valence electrons. The molecule has 8 heteroatoms. The number of ether oxygens (including phenoxy) is 2. The van der Waals surface area contributed by atoms with Crippen molar-refractivity contribution in [3.63, 3.8) is 0 Å². The second-order valence-electron chi connectivity index (χ2n) is 8.52. The summed E-state index contributed by atoms with van der Waals surface area (Å²) in [6, 6.07) is 5.55. The van der Waals surface area contributed by atoms with Crippen LogP contribution in [0.4, 0.5) is 0 Å². The van der Waals surface area contributed by atoms with Crippen LogP contribution in [0, 0.1) is 0 Å². The van der Waals surface area contributed by atoms with Crippen LogP contribution in [0.5, 0.6) is 0 Å². The molecule has 0 saturated carbocycles. The third-order valence-corrected chi connectivity index (χ3v) is 8.48. The fraction of sp³-hybridized carbons (Fsp3) is 0.682. The Morgan fingerprint density at radius 3 is 2.60 bits per heavy atom. The van der Waals surface area contributed by atoms with Crippen LogP contribution in [-0.2, 0) is 37.1 Å². The number of rotatable bonds is 6. The van der Waals surface area contributed by atoms with Crippen molar-refractivity contribution in [1.29, 1.82) is 0 Å². The first kappa shape index (κ1) is 21.7. The van der Waals surface area contributed by atoms with Gasteiger partial charge in [0.15, 0.2) is 0 Å². The number of nitrogens with zero attached hydrogens (tertiary/aromatic N) is 2. The first-order valence-electron chi connectivity index (χ1n) is 11.0. The van der Waals surface area contributed by atoms with E-state index in [1.165, 1.54) is 19.1 Å². The fourth-order valence-electron chi connectivity index (χ4n) is 5.04. The minimum atomic E-state index is -3.57. The summed E-state index contributed by atoms with van der Waals surface area (Å²) in [5.41, 5.74) is 2.44. The molecular formula is C22H32N2O5S. The summed E-state index contributed by atoms with van der Waals surface area (Å²) in [6.07, 6.45) is 6.48. The van der Waals surface area contributed by atoms with Crippen molar-refractivity contribution in [3.05, 3.63) is 29.3 Å². The zero-order valence-corrected chi connectivity index (χ0v) is 18.5. The summed E-state index contributed by atoms with van der Waals surface area (Å²) in [7, 11) is -2.05. The van der Waals surface area contributed by atoms with Crippen molar-refractivity contribution in [3.8, 4) is 0 Å². The van der Waals surface area contributed by atoms with Crippen LogP contribution < -0.4 is 0 Å². The van der Waals surface area contributed by atoms with E-state index in [4.69, 9.17) is 9.47 Å². The van der Waals surface area contributed by atoms with Gasteiger partial charge in [0, 0.05) is 45.5 Å². The highest BCUT2D eigenvalue weighted by molar-refractivity contribution is 7.89. The van der Waals surface area contributed by atoms with Gasteiger partial charge in [0.25, 0.3) is 0 Å². The molecular weight excluding hydrogens is 404 g/mol. The van der Waals surface area contributed by atoms with E-state index in [0.29, 0.717) is 37.6 Å². The van der Waals surface area contributed by atoms with E-state index in [-0.39, 0.29) is 24.6 Å². The Bertz CT molecular complexity index is 866. The summed E-state index contributed by atoms with van der Waals surface area (Å²) < 4.78 is 38.8. The monoisotopic (exact) mass is 436 g/mol. The van der Waals surface area contributed by atoms with Gasteiger partial charge in [-0.1, -0.05) is 6.07 Å². The first-order valence-corrected chi connectivity index (χ1v) is 12.4. The lowest BCUT2D eigenvalue weighted by atomic mass is 9.92. The topological polar surface area (TPSA) is 76.2 Å². The van der Waals surface area contributed by atoms with Gasteiger partial charge >= 0.3 is 0 Å². The average Bonchev–Trinajstić information content (AvgIpc) is 3.25. The summed E-state index contributed by atoms with van der Waals surface area (Å²) >= 11 is 0. The third kappa shape index (κ3) is 4.42. The van der Waals surface area contributed by atoms with Crippen LogP contribution in [-0.4, -0.2) is 75.6 Å². The lowest BCUT2D eigenvalue weighted by Crippen LogP contribution is -2.51. The van der Waals surface area contributed by atoms with E-state index in [0.717, 1.165) is 37.7 Å². The molecule has 0 bridgehead atoms. The summed E-state index contributed by atoms with van der Waals surface area (Å²) in [4.78, 5) is 15.1. The molecule has 1 unspecified atom stereocenters. The van der Waals surface area contributed by atoms with E-state index < -0.39 is 10.0 Å². The standard InChI is InChI=1S/C22H32N2O5S/c1-28-16-22(25)24(19-9-12-29-13-10-19)20-8-11-23(15-20)30(26,27)21-7-6-17-4-2-3-5-18(17)14-21/h6-7,14,19-20H,2-5,8-13,15-16H2,1H3. The van der Waals surface area contributed by atoms with Gasteiger partial charge in [-0.25, -0.2) is 8.42 Å². The highest BCUT2D eigenvalue weighted by Gasteiger charge is 2.40. The number of carbonyl (C=O) groups excluding carboxylic acids is 1. The highest BCUT2D eigenvalue weighted by atomic mass is 32.2. The van der Waals surface area contributed by atoms with Crippen LogP contribution in [0.2, 0.25) is 0 Å². The van der Waals surface area contributed by atoms with Gasteiger partial charge in [-0.15, -0.1) is 0 Å². The van der Waals surface area contributed by atoms with Crippen LogP contribution in [0.25, 0.3) is 0 Å². The predicted molar refractivity (Wildman–Crippen MR) is 113 cm³/mol. The fourth-order valence-corrected chi connectivity index (χ4v) is 6.59. The number of hydrogen-bond donors (Lipinski definition) is 0. The Morgan fingerprint density at radius 2 is 1.87 bits per heavy atom. The molecule has 1 aromatic carbocycles. The molecule has 7 nitrogen and oxygen atoms in total. The SMILES string of the molecule is COCC(=O)N(C1CCOCC1)C1CCN(S(=O)(=O)c2ccc3c(c2)CCCC3)C1. The van der Waals surface area contributed by atoms with Crippen molar-refractivity contribution >= 4 is 15.9 Å². The summed E-state index contributed by atoms with van der Waals surface area (Å²) in [5.74, 6) is -0.0672. The lowest BCUT2D eigenvalue weighted by molar-refractivity contribution is -0.142. The molecule has 0 aromatic heterocycles. The number of amides is 1. The Morgan fingerprint density at radius 1 is 1.13 bits per heavy atom. The quantitative estimate of drug-likeness (QED) is 0.682. The van der Waals surface area contributed by atoms with Gasteiger partial charge in [0.1, 0.15) is 6.61 Å². The molecule has 2 fully saturated rings. The van der Waals surface area contributed by atoms with E-state index in [1.54, 1.807) is 10.4 Å². The van der Waals surface area contributed by atoms with Crippen LogP contribution >= 0.6 is 0 Å². The molecule has 2 aliphatic heterocycles. The molecule has 1 aliphatic carbocycles. The lowest BCUT2D eigenvalue weighted by Gasteiger charge is -2.38. The number of fused-ring (bicyclic) bond motifs is 1. The molecule has 4 rings (SSSR count). The predicted octanol–water partition coefficient (Wildman–Crippen LogP) is 1.98. The van der Waals surface area contributed by atoms with Crippen molar-refractivity contribution in [1.82, 2.24) is 9.21 Å². The summed E-state index contributed by atoms with van der Waals surface area (Å²) in [5, 5.41) is 0. The molecule has 30 heavy (non-hydrogen) atoms. The van der Waals surface area contributed by atoms with Crippen molar-refractivity contribution in [2.45, 2.75) is 61.9 Å². The molecule has 2 saturated heterocycles. The molecule has 0 radical (unpaired) electrons. The number of benzene rings is 1. The Labute approximate surface area is 179 Å². The Balaban J connectivity index is 1.52. The Kier molecular flexibility index (Phi) is 6.77. The average molecular weight is 437 g/mol. The van der Waals surface area contributed by atoms with Crippen molar-refractivity contribution in [2.24, 2.45) is 0 Å². The van der Waals surface area contributed by atoms with E-state index in [9.17, 15) is 13.2 Å². The smallest absolute Gasteiger partial charge is 0.249 e. The molecule has 1 atom stereocenters. The van der Waals surface area contributed by atoms with Gasteiger partial charge in [0.2, 0.25) is 15.9 Å². The molecule has 1 amide bonds. The normalized spacial score (nSPS) is 23.3. The molecule has 3 aliphatic rings. The number of sulfonamides is 1.